The van der Waals surface area contributed by atoms with Crippen LogP contribution in [-0.2, 0) is 24.0 Å². The van der Waals surface area contributed by atoms with Gasteiger partial charge < -0.3 is 5.32 Å². The number of rotatable bonds is 6. The maximum absolute atomic E-state index is 11.3. The molecule has 0 aliphatic carbocycles. The Bertz CT molecular complexity index is 377. The Labute approximate surface area is 103 Å². The number of likely N-dealkylation sites (tertiary alicyclic amines) is 1. The quantitative estimate of drug-likeness (QED) is 0.417. The van der Waals surface area contributed by atoms with Gasteiger partial charge in [-0.05, 0) is 0 Å². The fourth-order valence-corrected chi connectivity index (χ4v) is 1.47. The normalized spacial score (nSPS) is 14.6. The molecule has 0 atom stereocenters. The van der Waals surface area contributed by atoms with E-state index in [2.05, 4.69) is 5.32 Å². The van der Waals surface area contributed by atoms with Gasteiger partial charge in [0.15, 0.2) is 0 Å². The van der Waals surface area contributed by atoms with Crippen molar-refractivity contribution in [2.24, 2.45) is 0 Å². The van der Waals surface area contributed by atoms with Gasteiger partial charge in [0.25, 0.3) is 0 Å². The Hall–Kier alpha value is -2.25. The van der Waals surface area contributed by atoms with Crippen molar-refractivity contribution < 1.29 is 24.0 Å². The first-order valence-corrected chi connectivity index (χ1v) is 5.37. The average molecular weight is 255 g/mol. The van der Waals surface area contributed by atoms with Crippen LogP contribution in [-0.4, -0.2) is 48.0 Å². The lowest BCUT2D eigenvalue weighted by molar-refractivity contribution is -0.139. The maximum Gasteiger partial charge on any atom is 0.245 e. The summed E-state index contributed by atoms with van der Waals surface area (Å²) in [6.07, 6.45) is 0.520. The molecule has 1 saturated heterocycles. The van der Waals surface area contributed by atoms with Crippen LogP contribution in [0.25, 0.3) is 0 Å². The predicted octanol–water partition coefficient (Wildman–Crippen LogP) is -2.09. The third-order valence-electron chi connectivity index (χ3n) is 2.38. The van der Waals surface area contributed by atoms with Crippen LogP contribution in [0.4, 0.5) is 0 Å². The van der Waals surface area contributed by atoms with E-state index in [9.17, 15) is 24.0 Å². The molecule has 0 unspecified atom stereocenters. The summed E-state index contributed by atoms with van der Waals surface area (Å²) in [7, 11) is 0. The van der Waals surface area contributed by atoms with Crippen molar-refractivity contribution in [3.8, 4) is 0 Å². The van der Waals surface area contributed by atoms with Gasteiger partial charge in [-0.3, -0.25) is 34.2 Å². The smallest absolute Gasteiger partial charge is 0.245 e. The van der Waals surface area contributed by atoms with Crippen molar-refractivity contribution in [3.63, 3.8) is 0 Å². The minimum Gasteiger partial charge on any atom is -0.347 e. The molecule has 8 nitrogen and oxygen atoms in total. The summed E-state index contributed by atoms with van der Waals surface area (Å²) in [6.45, 7) is -0.307. The molecule has 5 amide bonds. The molecule has 0 bridgehead atoms. The third kappa shape index (κ3) is 3.96. The van der Waals surface area contributed by atoms with Crippen molar-refractivity contribution in [1.29, 1.82) is 0 Å². The van der Waals surface area contributed by atoms with Crippen molar-refractivity contribution in [2.75, 3.05) is 13.1 Å². The fraction of sp³-hybridized carbons (Fsp3) is 0.500. The van der Waals surface area contributed by atoms with E-state index in [-0.39, 0.29) is 50.6 Å². The van der Waals surface area contributed by atoms with Crippen LogP contribution in [0.5, 0.6) is 0 Å². The van der Waals surface area contributed by atoms with E-state index in [0.717, 1.165) is 4.90 Å². The summed E-state index contributed by atoms with van der Waals surface area (Å²) >= 11 is 0. The van der Waals surface area contributed by atoms with Crippen molar-refractivity contribution in [3.05, 3.63) is 0 Å². The zero-order valence-electron chi connectivity index (χ0n) is 9.60. The van der Waals surface area contributed by atoms with Crippen LogP contribution in [0.1, 0.15) is 19.3 Å². The molecule has 1 heterocycles. The summed E-state index contributed by atoms with van der Waals surface area (Å²) in [5, 5.41) is 4.12. The molecular weight excluding hydrogens is 242 g/mol. The largest absolute Gasteiger partial charge is 0.347 e. The third-order valence-corrected chi connectivity index (χ3v) is 2.38. The molecule has 1 rings (SSSR count). The number of imide groups is 2. The maximum atomic E-state index is 11.3. The predicted molar refractivity (Wildman–Crippen MR) is 57.8 cm³/mol. The highest BCUT2D eigenvalue weighted by atomic mass is 16.2. The van der Waals surface area contributed by atoms with E-state index in [4.69, 9.17) is 0 Å². The number of amides is 5. The van der Waals surface area contributed by atoms with Crippen molar-refractivity contribution in [1.82, 2.24) is 15.5 Å². The molecule has 1 aliphatic heterocycles. The summed E-state index contributed by atoms with van der Waals surface area (Å²) in [6, 6.07) is 0. The van der Waals surface area contributed by atoms with E-state index in [1.807, 2.05) is 5.32 Å². The lowest BCUT2D eigenvalue weighted by Gasteiger charge is -2.12. The van der Waals surface area contributed by atoms with Crippen LogP contribution in [0.2, 0.25) is 0 Å². The molecule has 2 N–H and O–H groups in total. The van der Waals surface area contributed by atoms with E-state index in [1.165, 1.54) is 0 Å². The van der Waals surface area contributed by atoms with Crippen LogP contribution in [0.3, 0.4) is 0 Å². The van der Waals surface area contributed by atoms with Gasteiger partial charge >= 0.3 is 0 Å². The van der Waals surface area contributed by atoms with Gasteiger partial charge in [0.2, 0.25) is 30.0 Å². The molecule has 0 radical (unpaired) electrons. The number of nitrogens with one attached hydrogen (secondary N) is 2. The average Bonchev–Trinajstić information content (AvgIpc) is 2.64. The van der Waals surface area contributed by atoms with Gasteiger partial charge in [-0.2, -0.15) is 0 Å². The highest BCUT2D eigenvalue weighted by Gasteiger charge is 2.28. The number of hydrogen-bond donors (Lipinski definition) is 2. The molecule has 18 heavy (non-hydrogen) atoms. The number of nitrogens with zero attached hydrogens (tertiary/aromatic N) is 1. The summed E-state index contributed by atoms with van der Waals surface area (Å²) < 4.78 is 0. The number of carbonyl (C=O) groups excluding carboxylic acids is 5. The number of hydrogen-bond acceptors (Lipinski definition) is 5. The Morgan fingerprint density at radius 1 is 1.17 bits per heavy atom. The molecule has 1 aliphatic rings. The van der Waals surface area contributed by atoms with Crippen molar-refractivity contribution in [2.45, 2.75) is 19.3 Å². The molecule has 0 saturated carbocycles. The minimum absolute atomic E-state index is 0.0127. The topological polar surface area (TPSA) is 113 Å². The second-order valence-corrected chi connectivity index (χ2v) is 3.65. The Balaban J connectivity index is 2.25. The minimum atomic E-state index is -0.633. The molecule has 0 aromatic heterocycles. The van der Waals surface area contributed by atoms with Gasteiger partial charge in [-0.1, -0.05) is 0 Å². The molecule has 8 heteroatoms. The van der Waals surface area contributed by atoms with E-state index >= 15 is 0 Å². The summed E-state index contributed by atoms with van der Waals surface area (Å²) in [4.78, 5) is 55.5. The summed E-state index contributed by atoms with van der Waals surface area (Å²) in [5.74, 6) is -1.67. The zero-order valence-corrected chi connectivity index (χ0v) is 9.60. The molecule has 0 aromatic carbocycles. The zero-order chi connectivity index (χ0) is 13.5. The van der Waals surface area contributed by atoms with Crippen molar-refractivity contribution >= 4 is 30.0 Å². The first-order valence-electron chi connectivity index (χ1n) is 5.37. The van der Waals surface area contributed by atoms with Gasteiger partial charge in [0.05, 0.1) is 6.54 Å². The SMILES string of the molecule is O=CNC(=O)CNC(=O)CCN1C(=O)CCC1=O. The molecule has 0 spiro atoms. The molecule has 0 aromatic rings. The summed E-state index contributed by atoms with van der Waals surface area (Å²) in [5.41, 5.74) is 0. The monoisotopic (exact) mass is 255 g/mol. The Morgan fingerprint density at radius 2 is 1.78 bits per heavy atom. The lowest BCUT2D eigenvalue weighted by Crippen LogP contribution is -2.38. The Morgan fingerprint density at radius 3 is 2.33 bits per heavy atom. The van der Waals surface area contributed by atoms with E-state index in [1.54, 1.807) is 0 Å². The van der Waals surface area contributed by atoms with E-state index in [0.29, 0.717) is 0 Å². The molecule has 98 valence electrons. The van der Waals surface area contributed by atoms with Gasteiger partial charge in [-0.25, -0.2) is 0 Å². The van der Waals surface area contributed by atoms with Gasteiger partial charge in [-0.15, -0.1) is 0 Å². The first-order chi connectivity index (χ1) is 8.54. The molecule has 1 fully saturated rings. The fourth-order valence-electron chi connectivity index (χ4n) is 1.47. The standard InChI is InChI=1S/C10H13N3O5/c14-6-12-8(16)5-11-7(15)3-4-13-9(17)1-2-10(13)18/h6H,1-5H2,(H,11,15)(H,12,14,16). The Kier molecular flexibility index (Phi) is 4.97. The molecular formula is C10H13N3O5. The second-order valence-electron chi connectivity index (χ2n) is 3.65. The van der Waals surface area contributed by atoms with Crippen LogP contribution in [0.15, 0.2) is 0 Å². The highest BCUT2D eigenvalue weighted by molar-refractivity contribution is 6.02. The van der Waals surface area contributed by atoms with Gasteiger partial charge in [0, 0.05) is 25.8 Å². The van der Waals surface area contributed by atoms with Gasteiger partial charge in [0.1, 0.15) is 0 Å². The van der Waals surface area contributed by atoms with Crippen LogP contribution in [0, 0.1) is 0 Å². The lowest BCUT2D eigenvalue weighted by atomic mass is 10.3. The highest BCUT2D eigenvalue weighted by Crippen LogP contribution is 2.11. The second kappa shape index (κ2) is 6.48. The van der Waals surface area contributed by atoms with Crippen LogP contribution < -0.4 is 10.6 Å². The van der Waals surface area contributed by atoms with Crippen LogP contribution >= 0.6 is 0 Å². The number of carbonyl (C=O) groups is 5. The first kappa shape index (κ1) is 13.8. The van der Waals surface area contributed by atoms with E-state index < -0.39 is 11.8 Å².